The number of benzene rings is 2. The highest BCUT2D eigenvalue weighted by atomic mass is 19.1. The molecule has 6 heteroatoms. The van der Waals surface area contributed by atoms with Crippen molar-refractivity contribution in [1.82, 2.24) is 0 Å². The first kappa shape index (κ1) is 18.9. The maximum atomic E-state index is 14.0. The zero-order valence-electron chi connectivity index (χ0n) is 15.6. The summed E-state index contributed by atoms with van der Waals surface area (Å²) >= 11 is 0. The van der Waals surface area contributed by atoms with Gasteiger partial charge >= 0.3 is 6.09 Å². The Morgan fingerprint density at radius 3 is 2.41 bits per heavy atom. The number of carbonyl (C=O) groups excluding carboxylic acids is 2. The molecule has 1 saturated carbocycles. The molecular formula is C21H23FN2O3. The number of amides is 2. The number of halogens is 1. The molecule has 0 saturated heterocycles. The van der Waals surface area contributed by atoms with E-state index in [2.05, 4.69) is 53.5 Å². The van der Waals surface area contributed by atoms with E-state index in [0.29, 0.717) is 11.6 Å². The molecule has 5 nitrogen and oxygen atoms in total. The molecule has 0 aliphatic heterocycles. The van der Waals surface area contributed by atoms with Gasteiger partial charge in [-0.25, -0.2) is 9.18 Å². The van der Waals surface area contributed by atoms with Crippen molar-refractivity contribution >= 4 is 23.4 Å². The van der Waals surface area contributed by atoms with Crippen LogP contribution in [0.5, 0.6) is 0 Å². The van der Waals surface area contributed by atoms with Crippen molar-refractivity contribution < 1.29 is 18.7 Å². The van der Waals surface area contributed by atoms with Crippen LogP contribution in [0.1, 0.15) is 43.2 Å². The van der Waals surface area contributed by atoms with Crippen molar-refractivity contribution in [3.63, 3.8) is 0 Å². The minimum absolute atomic E-state index is 0.00519. The van der Waals surface area contributed by atoms with Gasteiger partial charge in [-0.15, -0.1) is 0 Å². The molecule has 1 aliphatic rings. The van der Waals surface area contributed by atoms with Gasteiger partial charge in [0, 0.05) is 11.6 Å². The predicted octanol–water partition coefficient (Wildman–Crippen LogP) is 4.87. The second-order valence-electron chi connectivity index (χ2n) is 7.07. The van der Waals surface area contributed by atoms with E-state index in [1.807, 2.05) is 0 Å². The lowest BCUT2D eigenvalue weighted by atomic mass is 10.00. The molecule has 2 amide bonds. The number of hydrogen-bond donors (Lipinski definition) is 2. The van der Waals surface area contributed by atoms with E-state index < -0.39 is 11.9 Å². The summed E-state index contributed by atoms with van der Waals surface area (Å²) < 4.78 is 18.5. The number of methoxy groups -OCH3 is 1. The number of carbonyl (C=O) groups is 2. The average Bonchev–Trinajstić information content (AvgIpc) is 3.45. The van der Waals surface area contributed by atoms with Crippen LogP contribution in [0.25, 0.3) is 0 Å². The summed E-state index contributed by atoms with van der Waals surface area (Å²) in [6, 6.07) is 12.5. The third-order valence-corrected chi connectivity index (χ3v) is 4.82. The van der Waals surface area contributed by atoms with Gasteiger partial charge < -0.3 is 10.1 Å². The molecular weight excluding hydrogens is 347 g/mol. The van der Waals surface area contributed by atoms with E-state index in [4.69, 9.17) is 0 Å². The summed E-state index contributed by atoms with van der Waals surface area (Å²) in [5.74, 6) is -0.193. The number of ether oxygens (including phenoxy) is 1. The monoisotopic (exact) mass is 370 g/mol. The fourth-order valence-electron chi connectivity index (χ4n) is 3.07. The third kappa shape index (κ3) is 4.45. The standard InChI is InChI=1S/C21H23FN2O3/c1-12(2)13-4-6-14(7-5-13)16-11-17(16)20(25)23-15-8-9-19(18(22)10-15)24-21(26)27-3/h4-10,12,16-17H,11H2,1-3H3,(H,23,25)(H,24,26). The van der Waals surface area contributed by atoms with Gasteiger partial charge in [-0.05, 0) is 47.6 Å². The summed E-state index contributed by atoms with van der Waals surface area (Å²) in [4.78, 5) is 23.6. The second kappa shape index (κ2) is 7.78. The third-order valence-electron chi connectivity index (χ3n) is 4.82. The molecule has 0 bridgehead atoms. The molecule has 27 heavy (non-hydrogen) atoms. The van der Waals surface area contributed by atoms with Crippen molar-refractivity contribution in [2.45, 2.75) is 32.1 Å². The molecule has 2 aromatic rings. The topological polar surface area (TPSA) is 67.4 Å². The Balaban J connectivity index is 1.60. The van der Waals surface area contributed by atoms with Gasteiger partial charge in [0.15, 0.2) is 0 Å². The van der Waals surface area contributed by atoms with E-state index in [1.165, 1.54) is 24.8 Å². The molecule has 0 aromatic heterocycles. The van der Waals surface area contributed by atoms with Gasteiger partial charge in [0.1, 0.15) is 5.82 Å². The minimum Gasteiger partial charge on any atom is -0.453 e. The lowest BCUT2D eigenvalue weighted by Crippen LogP contribution is -2.15. The van der Waals surface area contributed by atoms with Gasteiger partial charge in [0.2, 0.25) is 5.91 Å². The predicted molar refractivity (Wildman–Crippen MR) is 102 cm³/mol. The zero-order valence-corrected chi connectivity index (χ0v) is 15.6. The fourth-order valence-corrected chi connectivity index (χ4v) is 3.07. The first-order chi connectivity index (χ1) is 12.9. The van der Waals surface area contributed by atoms with Gasteiger partial charge in [0.05, 0.1) is 12.8 Å². The van der Waals surface area contributed by atoms with Crippen LogP contribution >= 0.6 is 0 Å². The van der Waals surface area contributed by atoms with E-state index in [-0.39, 0.29) is 23.4 Å². The molecule has 2 unspecified atom stereocenters. The highest BCUT2D eigenvalue weighted by molar-refractivity contribution is 5.95. The Kier molecular flexibility index (Phi) is 5.44. The van der Waals surface area contributed by atoms with Crippen LogP contribution in [0.15, 0.2) is 42.5 Å². The second-order valence-corrected chi connectivity index (χ2v) is 7.07. The van der Waals surface area contributed by atoms with Crippen LogP contribution in [0.3, 0.4) is 0 Å². The molecule has 2 aromatic carbocycles. The maximum absolute atomic E-state index is 14.0. The van der Waals surface area contributed by atoms with Gasteiger partial charge in [-0.2, -0.15) is 0 Å². The molecule has 2 N–H and O–H groups in total. The number of rotatable bonds is 5. The number of nitrogens with one attached hydrogen (secondary N) is 2. The molecule has 0 heterocycles. The van der Waals surface area contributed by atoms with Crippen LogP contribution in [-0.2, 0) is 9.53 Å². The number of hydrogen-bond acceptors (Lipinski definition) is 3. The zero-order chi connectivity index (χ0) is 19.6. The van der Waals surface area contributed by atoms with Crippen molar-refractivity contribution in [3.05, 3.63) is 59.4 Å². The van der Waals surface area contributed by atoms with Crippen LogP contribution < -0.4 is 10.6 Å². The Hall–Kier alpha value is -2.89. The summed E-state index contributed by atoms with van der Waals surface area (Å²) in [5.41, 5.74) is 2.78. The van der Waals surface area contributed by atoms with Crippen molar-refractivity contribution in [3.8, 4) is 0 Å². The quantitative estimate of drug-likeness (QED) is 0.789. The van der Waals surface area contributed by atoms with Crippen LogP contribution in [-0.4, -0.2) is 19.1 Å². The minimum atomic E-state index is -0.755. The van der Waals surface area contributed by atoms with E-state index >= 15 is 0 Å². The highest BCUT2D eigenvalue weighted by Gasteiger charge is 2.43. The molecule has 0 radical (unpaired) electrons. The van der Waals surface area contributed by atoms with Crippen LogP contribution in [0.2, 0.25) is 0 Å². The maximum Gasteiger partial charge on any atom is 0.411 e. The Labute approximate surface area is 157 Å². The summed E-state index contributed by atoms with van der Waals surface area (Å²) in [5, 5.41) is 5.01. The van der Waals surface area contributed by atoms with Crippen molar-refractivity contribution in [2.75, 3.05) is 17.7 Å². The first-order valence-corrected chi connectivity index (χ1v) is 8.94. The largest absolute Gasteiger partial charge is 0.453 e. The van der Waals surface area contributed by atoms with Gasteiger partial charge in [-0.3, -0.25) is 10.1 Å². The molecule has 0 spiro atoms. The Bertz CT molecular complexity index is 849. The number of anilines is 2. The highest BCUT2D eigenvalue weighted by Crippen LogP contribution is 2.48. The van der Waals surface area contributed by atoms with Crippen LogP contribution in [0.4, 0.5) is 20.6 Å². The smallest absolute Gasteiger partial charge is 0.411 e. The average molecular weight is 370 g/mol. The summed E-state index contributed by atoms with van der Waals surface area (Å²) in [6.45, 7) is 4.29. The summed E-state index contributed by atoms with van der Waals surface area (Å²) in [6.07, 6.45) is 0.0344. The van der Waals surface area contributed by atoms with Crippen LogP contribution in [0, 0.1) is 11.7 Å². The van der Waals surface area contributed by atoms with Gasteiger partial charge in [-0.1, -0.05) is 38.1 Å². The van der Waals surface area contributed by atoms with E-state index in [0.717, 1.165) is 12.0 Å². The normalized spacial score (nSPS) is 18.1. The van der Waals surface area contributed by atoms with Crippen molar-refractivity contribution in [2.24, 2.45) is 5.92 Å². The Morgan fingerprint density at radius 2 is 1.81 bits per heavy atom. The lowest BCUT2D eigenvalue weighted by molar-refractivity contribution is -0.117. The molecule has 1 aliphatic carbocycles. The fraction of sp³-hybridized carbons (Fsp3) is 0.333. The molecule has 1 fully saturated rings. The molecule has 142 valence electrons. The van der Waals surface area contributed by atoms with Crippen molar-refractivity contribution in [1.29, 1.82) is 0 Å². The molecule has 3 rings (SSSR count). The first-order valence-electron chi connectivity index (χ1n) is 8.94. The summed E-state index contributed by atoms with van der Waals surface area (Å²) in [7, 11) is 1.20. The molecule has 2 atom stereocenters. The van der Waals surface area contributed by atoms with E-state index in [9.17, 15) is 14.0 Å². The lowest BCUT2D eigenvalue weighted by Gasteiger charge is -2.09. The van der Waals surface area contributed by atoms with Gasteiger partial charge in [0.25, 0.3) is 0 Å². The SMILES string of the molecule is COC(=O)Nc1ccc(NC(=O)C2CC2c2ccc(C(C)C)cc2)cc1F. The van der Waals surface area contributed by atoms with E-state index in [1.54, 1.807) is 6.07 Å². The Morgan fingerprint density at radius 1 is 1.11 bits per heavy atom.